The minimum Gasteiger partial charge on any atom is -0.494 e. The smallest absolute Gasteiger partial charge is 0.119 e. The second-order valence-electron chi connectivity index (χ2n) is 4.94. The molecule has 100 valence electrons. The van der Waals surface area contributed by atoms with Gasteiger partial charge in [-0.2, -0.15) is 0 Å². The normalized spacial score (nSPS) is 28.1. The van der Waals surface area contributed by atoms with E-state index in [0.717, 1.165) is 25.3 Å². The third kappa shape index (κ3) is 3.24. The maximum atomic E-state index is 6.00. The van der Waals surface area contributed by atoms with Crippen molar-refractivity contribution in [3.8, 4) is 5.75 Å². The number of hydrogen-bond donors (Lipinski definition) is 1. The molecule has 3 atom stereocenters. The lowest BCUT2D eigenvalue weighted by atomic mass is 10.1. The molecule has 1 heterocycles. The zero-order valence-corrected chi connectivity index (χ0v) is 11.5. The van der Waals surface area contributed by atoms with Crippen LogP contribution in [0.2, 0.25) is 0 Å². The Bertz CT molecular complexity index is 363. The van der Waals surface area contributed by atoms with Crippen molar-refractivity contribution in [1.29, 1.82) is 0 Å². The second-order valence-corrected chi connectivity index (χ2v) is 4.94. The molecule has 1 saturated heterocycles. The summed E-state index contributed by atoms with van der Waals surface area (Å²) < 4.78 is 11.6. The highest BCUT2D eigenvalue weighted by Gasteiger charge is 2.25. The summed E-state index contributed by atoms with van der Waals surface area (Å²) in [5, 5.41) is 3.47. The molecule has 0 spiro atoms. The van der Waals surface area contributed by atoms with Crippen LogP contribution < -0.4 is 10.1 Å². The number of rotatable bonds is 4. The number of nitrogens with one attached hydrogen (secondary N) is 1. The molecule has 1 aromatic rings. The van der Waals surface area contributed by atoms with Gasteiger partial charge in [0.25, 0.3) is 0 Å². The van der Waals surface area contributed by atoms with E-state index in [1.54, 1.807) is 0 Å². The van der Waals surface area contributed by atoms with E-state index in [1.807, 2.05) is 12.1 Å². The summed E-state index contributed by atoms with van der Waals surface area (Å²) in [6.45, 7) is 8.03. The fraction of sp³-hybridized carbons (Fsp3) is 0.600. The second kappa shape index (κ2) is 6.21. The highest BCUT2D eigenvalue weighted by atomic mass is 16.5. The summed E-state index contributed by atoms with van der Waals surface area (Å²) in [7, 11) is 0. The van der Waals surface area contributed by atoms with Crippen molar-refractivity contribution in [2.75, 3.05) is 13.2 Å². The van der Waals surface area contributed by atoms with Crippen LogP contribution in [-0.2, 0) is 4.74 Å². The molecule has 2 rings (SSSR count). The molecule has 0 amide bonds. The minimum atomic E-state index is 0.149. The Balaban J connectivity index is 1.97. The van der Waals surface area contributed by atoms with E-state index in [9.17, 15) is 0 Å². The first kappa shape index (κ1) is 13.4. The monoisotopic (exact) mass is 249 g/mol. The SMILES string of the molecule is CCCOc1ccc(C2CNC(C)C(C)O2)cc1. The summed E-state index contributed by atoms with van der Waals surface area (Å²) in [6.07, 6.45) is 1.43. The predicted octanol–water partition coefficient (Wildman–Crippen LogP) is 2.91. The molecule has 0 aliphatic carbocycles. The van der Waals surface area contributed by atoms with Gasteiger partial charge < -0.3 is 14.8 Å². The van der Waals surface area contributed by atoms with Crippen LogP contribution in [0.25, 0.3) is 0 Å². The molecule has 1 aliphatic heterocycles. The Morgan fingerprint density at radius 3 is 2.61 bits per heavy atom. The van der Waals surface area contributed by atoms with Gasteiger partial charge in [-0.05, 0) is 38.0 Å². The van der Waals surface area contributed by atoms with E-state index in [0.29, 0.717) is 6.04 Å². The Morgan fingerprint density at radius 2 is 2.00 bits per heavy atom. The lowest BCUT2D eigenvalue weighted by Crippen LogP contribution is -2.46. The van der Waals surface area contributed by atoms with Gasteiger partial charge in [0.2, 0.25) is 0 Å². The molecule has 18 heavy (non-hydrogen) atoms. The largest absolute Gasteiger partial charge is 0.494 e. The van der Waals surface area contributed by atoms with Gasteiger partial charge in [0.05, 0.1) is 18.8 Å². The average Bonchev–Trinajstić information content (AvgIpc) is 2.40. The molecule has 0 saturated carbocycles. The molecule has 0 radical (unpaired) electrons. The third-order valence-electron chi connectivity index (χ3n) is 3.43. The van der Waals surface area contributed by atoms with Gasteiger partial charge >= 0.3 is 0 Å². The molecular weight excluding hydrogens is 226 g/mol. The summed E-state index contributed by atoms with van der Waals surface area (Å²) in [6, 6.07) is 8.67. The van der Waals surface area contributed by atoms with E-state index >= 15 is 0 Å². The first-order valence-electron chi connectivity index (χ1n) is 6.82. The first-order chi connectivity index (χ1) is 8.70. The van der Waals surface area contributed by atoms with Crippen LogP contribution in [0, 0.1) is 0 Å². The van der Waals surface area contributed by atoms with Gasteiger partial charge in [-0.15, -0.1) is 0 Å². The Labute approximate surface area is 109 Å². The lowest BCUT2D eigenvalue weighted by molar-refractivity contribution is -0.0508. The van der Waals surface area contributed by atoms with Crippen LogP contribution in [0.1, 0.15) is 38.9 Å². The molecule has 3 nitrogen and oxygen atoms in total. The van der Waals surface area contributed by atoms with Gasteiger partial charge in [0, 0.05) is 12.6 Å². The molecule has 1 aromatic carbocycles. The van der Waals surface area contributed by atoms with Crippen LogP contribution in [0.4, 0.5) is 0 Å². The van der Waals surface area contributed by atoms with Crippen molar-refractivity contribution >= 4 is 0 Å². The zero-order valence-electron chi connectivity index (χ0n) is 11.5. The molecule has 3 heteroatoms. The van der Waals surface area contributed by atoms with Crippen molar-refractivity contribution < 1.29 is 9.47 Å². The van der Waals surface area contributed by atoms with E-state index < -0.39 is 0 Å². The number of benzene rings is 1. The van der Waals surface area contributed by atoms with Crippen LogP contribution in [0.15, 0.2) is 24.3 Å². The van der Waals surface area contributed by atoms with E-state index in [-0.39, 0.29) is 12.2 Å². The van der Waals surface area contributed by atoms with Crippen LogP contribution >= 0.6 is 0 Å². The highest BCUT2D eigenvalue weighted by molar-refractivity contribution is 5.29. The van der Waals surface area contributed by atoms with Crippen molar-refractivity contribution in [3.05, 3.63) is 29.8 Å². The Hall–Kier alpha value is -1.06. The molecule has 1 fully saturated rings. The van der Waals surface area contributed by atoms with E-state index in [1.165, 1.54) is 5.56 Å². The van der Waals surface area contributed by atoms with Crippen molar-refractivity contribution in [2.24, 2.45) is 0 Å². The molecular formula is C15H23NO2. The van der Waals surface area contributed by atoms with Crippen molar-refractivity contribution in [2.45, 2.75) is 45.4 Å². The average molecular weight is 249 g/mol. The first-order valence-corrected chi connectivity index (χ1v) is 6.82. The van der Waals surface area contributed by atoms with Gasteiger partial charge in [-0.3, -0.25) is 0 Å². The fourth-order valence-corrected chi connectivity index (χ4v) is 2.08. The predicted molar refractivity (Wildman–Crippen MR) is 73.0 cm³/mol. The maximum Gasteiger partial charge on any atom is 0.119 e. The molecule has 1 N–H and O–H groups in total. The highest BCUT2D eigenvalue weighted by Crippen LogP contribution is 2.25. The summed E-state index contributed by atoms with van der Waals surface area (Å²) in [4.78, 5) is 0. The quantitative estimate of drug-likeness (QED) is 0.890. The van der Waals surface area contributed by atoms with Crippen LogP contribution in [-0.4, -0.2) is 25.3 Å². The van der Waals surface area contributed by atoms with E-state index in [2.05, 4.69) is 38.2 Å². The third-order valence-corrected chi connectivity index (χ3v) is 3.43. The van der Waals surface area contributed by atoms with Crippen LogP contribution in [0.5, 0.6) is 5.75 Å². The number of ether oxygens (including phenoxy) is 2. The van der Waals surface area contributed by atoms with Crippen molar-refractivity contribution in [1.82, 2.24) is 5.32 Å². The Morgan fingerprint density at radius 1 is 1.28 bits per heavy atom. The molecule has 0 bridgehead atoms. The topological polar surface area (TPSA) is 30.5 Å². The number of hydrogen-bond acceptors (Lipinski definition) is 3. The fourth-order valence-electron chi connectivity index (χ4n) is 2.08. The molecule has 3 unspecified atom stereocenters. The van der Waals surface area contributed by atoms with E-state index in [4.69, 9.17) is 9.47 Å². The zero-order chi connectivity index (χ0) is 13.0. The lowest BCUT2D eigenvalue weighted by Gasteiger charge is -2.34. The van der Waals surface area contributed by atoms with Gasteiger partial charge in [0.15, 0.2) is 0 Å². The summed E-state index contributed by atoms with van der Waals surface area (Å²) in [5.41, 5.74) is 1.21. The van der Waals surface area contributed by atoms with Crippen molar-refractivity contribution in [3.63, 3.8) is 0 Å². The summed E-state index contributed by atoms with van der Waals surface area (Å²) >= 11 is 0. The van der Waals surface area contributed by atoms with Gasteiger partial charge in [-0.25, -0.2) is 0 Å². The number of morpholine rings is 1. The maximum absolute atomic E-state index is 6.00. The molecule has 0 aromatic heterocycles. The minimum absolute atomic E-state index is 0.149. The standard InChI is InChI=1S/C15H23NO2/c1-4-9-17-14-7-5-13(6-8-14)15-10-16-11(2)12(3)18-15/h5-8,11-12,15-16H,4,9-10H2,1-3H3. The van der Waals surface area contributed by atoms with Crippen LogP contribution in [0.3, 0.4) is 0 Å². The van der Waals surface area contributed by atoms with Gasteiger partial charge in [0.1, 0.15) is 5.75 Å². The van der Waals surface area contributed by atoms with Gasteiger partial charge in [-0.1, -0.05) is 19.1 Å². The summed E-state index contributed by atoms with van der Waals surface area (Å²) in [5.74, 6) is 0.936. The molecule has 1 aliphatic rings. The Kier molecular flexibility index (Phi) is 4.61.